The van der Waals surface area contributed by atoms with E-state index in [1.807, 2.05) is 6.07 Å². The van der Waals surface area contributed by atoms with Gasteiger partial charge in [-0.05, 0) is 42.7 Å². The summed E-state index contributed by atoms with van der Waals surface area (Å²) in [5, 5.41) is 3.99. The van der Waals surface area contributed by atoms with Crippen molar-refractivity contribution in [3.63, 3.8) is 0 Å². The van der Waals surface area contributed by atoms with E-state index in [-0.39, 0.29) is 10.8 Å². The van der Waals surface area contributed by atoms with Gasteiger partial charge in [-0.25, -0.2) is 4.39 Å². The summed E-state index contributed by atoms with van der Waals surface area (Å²) in [7, 11) is 0. The normalized spacial score (nSPS) is 14.2. The summed E-state index contributed by atoms with van der Waals surface area (Å²) < 4.78 is 19.6. The number of halogens is 3. The molecule has 5 heteroatoms. The standard InChI is InChI=1S/C16H14Cl2FNO/c17-12-2-1-3-15(16(12)18)21-14-7-4-10(8-13(14)19)9-20-11-5-6-11/h1-4,7-8,11,20H,5-6,9H2. The molecule has 21 heavy (non-hydrogen) atoms. The van der Waals surface area contributed by atoms with Crippen molar-refractivity contribution in [2.45, 2.75) is 25.4 Å². The summed E-state index contributed by atoms with van der Waals surface area (Å²) in [6.45, 7) is 0.666. The average molecular weight is 326 g/mol. The summed E-state index contributed by atoms with van der Waals surface area (Å²) in [6.07, 6.45) is 2.41. The van der Waals surface area contributed by atoms with Crippen LogP contribution in [0.3, 0.4) is 0 Å². The largest absolute Gasteiger partial charge is 0.453 e. The molecule has 0 heterocycles. The van der Waals surface area contributed by atoms with Crippen LogP contribution in [-0.2, 0) is 6.54 Å². The minimum Gasteiger partial charge on any atom is -0.453 e. The minimum absolute atomic E-state index is 0.134. The van der Waals surface area contributed by atoms with Crippen molar-refractivity contribution in [1.82, 2.24) is 5.32 Å². The molecule has 1 saturated carbocycles. The molecule has 0 spiro atoms. The monoisotopic (exact) mass is 325 g/mol. The van der Waals surface area contributed by atoms with Crippen molar-refractivity contribution in [2.24, 2.45) is 0 Å². The Labute approximate surface area is 132 Å². The van der Waals surface area contributed by atoms with Crippen LogP contribution in [0.1, 0.15) is 18.4 Å². The van der Waals surface area contributed by atoms with E-state index in [9.17, 15) is 4.39 Å². The van der Waals surface area contributed by atoms with Crippen LogP contribution < -0.4 is 10.1 Å². The maximum Gasteiger partial charge on any atom is 0.166 e. The number of nitrogens with one attached hydrogen (secondary N) is 1. The maximum absolute atomic E-state index is 14.1. The molecule has 1 fully saturated rings. The predicted octanol–water partition coefficient (Wildman–Crippen LogP) is 5.18. The number of hydrogen-bond donors (Lipinski definition) is 1. The van der Waals surface area contributed by atoms with Crippen LogP contribution in [0.25, 0.3) is 0 Å². The zero-order valence-corrected chi connectivity index (χ0v) is 12.7. The third-order valence-electron chi connectivity index (χ3n) is 3.30. The van der Waals surface area contributed by atoms with Gasteiger partial charge in [0.05, 0.1) is 5.02 Å². The lowest BCUT2D eigenvalue weighted by Crippen LogP contribution is -2.15. The Hall–Kier alpha value is -1.29. The first-order valence-corrected chi connectivity index (χ1v) is 7.53. The summed E-state index contributed by atoms with van der Waals surface area (Å²) in [5.41, 5.74) is 0.893. The van der Waals surface area contributed by atoms with E-state index in [1.54, 1.807) is 24.3 Å². The summed E-state index contributed by atoms with van der Waals surface area (Å²) in [5.74, 6) is 0.0578. The second kappa shape index (κ2) is 6.22. The van der Waals surface area contributed by atoms with Crippen molar-refractivity contribution in [3.8, 4) is 11.5 Å². The van der Waals surface area contributed by atoms with Crippen molar-refractivity contribution in [2.75, 3.05) is 0 Å². The van der Waals surface area contributed by atoms with Gasteiger partial charge in [0.15, 0.2) is 11.6 Å². The lowest BCUT2D eigenvalue weighted by atomic mass is 10.2. The SMILES string of the molecule is Fc1cc(CNC2CC2)ccc1Oc1cccc(Cl)c1Cl. The molecule has 0 aromatic heterocycles. The summed E-state index contributed by atoms with van der Waals surface area (Å²) >= 11 is 11.9. The molecule has 3 rings (SSSR count). The Kier molecular flexibility index (Phi) is 4.34. The van der Waals surface area contributed by atoms with Gasteiger partial charge in [0.1, 0.15) is 10.8 Å². The van der Waals surface area contributed by atoms with E-state index in [1.165, 1.54) is 18.9 Å². The zero-order valence-electron chi connectivity index (χ0n) is 11.2. The summed E-state index contributed by atoms with van der Waals surface area (Å²) in [4.78, 5) is 0. The van der Waals surface area contributed by atoms with Gasteiger partial charge in [-0.1, -0.05) is 35.3 Å². The van der Waals surface area contributed by atoms with Crippen molar-refractivity contribution in [1.29, 1.82) is 0 Å². The highest BCUT2D eigenvalue weighted by atomic mass is 35.5. The fourth-order valence-electron chi connectivity index (χ4n) is 1.97. The van der Waals surface area contributed by atoms with E-state index >= 15 is 0 Å². The lowest BCUT2D eigenvalue weighted by Gasteiger charge is -2.10. The fraction of sp³-hybridized carbons (Fsp3) is 0.250. The molecule has 2 aromatic rings. The molecule has 1 N–H and O–H groups in total. The fourth-order valence-corrected chi connectivity index (χ4v) is 2.30. The van der Waals surface area contributed by atoms with Gasteiger partial charge < -0.3 is 10.1 Å². The second-order valence-corrected chi connectivity index (χ2v) is 5.86. The molecule has 2 nitrogen and oxygen atoms in total. The molecule has 0 bridgehead atoms. The molecule has 110 valence electrons. The number of rotatable bonds is 5. The van der Waals surface area contributed by atoms with Crippen molar-refractivity contribution < 1.29 is 9.13 Å². The zero-order chi connectivity index (χ0) is 14.8. The van der Waals surface area contributed by atoms with E-state index in [4.69, 9.17) is 27.9 Å². The third-order valence-corrected chi connectivity index (χ3v) is 4.11. The number of hydrogen-bond acceptors (Lipinski definition) is 2. The van der Waals surface area contributed by atoms with E-state index in [0.29, 0.717) is 23.4 Å². The number of benzene rings is 2. The maximum atomic E-state index is 14.1. The quantitative estimate of drug-likeness (QED) is 0.818. The molecule has 0 amide bonds. The Morgan fingerprint density at radius 2 is 1.95 bits per heavy atom. The Balaban J connectivity index is 1.74. The number of ether oxygens (including phenoxy) is 1. The lowest BCUT2D eigenvalue weighted by molar-refractivity contribution is 0.441. The molecule has 2 aromatic carbocycles. The van der Waals surface area contributed by atoms with Crippen LogP contribution in [0.2, 0.25) is 10.0 Å². The van der Waals surface area contributed by atoms with E-state index in [2.05, 4.69) is 5.32 Å². The van der Waals surface area contributed by atoms with Crippen LogP contribution in [0.15, 0.2) is 36.4 Å². The molecule has 0 saturated heterocycles. The molecular formula is C16H14Cl2FNO. The smallest absolute Gasteiger partial charge is 0.166 e. The van der Waals surface area contributed by atoms with Gasteiger partial charge in [-0.15, -0.1) is 0 Å². The third kappa shape index (κ3) is 3.67. The first kappa shape index (κ1) is 14.6. The van der Waals surface area contributed by atoms with Crippen LogP contribution in [-0.4, -0.2) is 6.04 Å². The topological polar surface area (TPSA) is 21.3 Å². The Morgan fingerprint density at radius 1 is 1.14 bits per heavy atom. The second-order valence-electron chi connectivity index (χ2n) is 5.07. The Morgan fingerprint density at radius 3 is 2.67 bits per heavy atom. The molecule has 0 radical (unpaired) electrons. The highest BCUT2D eigenvalue weighted by Crippen LogP contribution is 2.35. The molecular weight excluding hydrogens is 312 g/mol. The Bertz CT molecular complexity index is 659. The van der Waals surface area contributed by atoms with Gasteiger partial charge >= 0.3 is 0 Å². The highest BCUT2D eigenvalue weighted by Gasteiger charge is 2.20. The molecule has 0 atom stereocenters. The molecule has 1 aliphatic carbocycles. The first-order valence-electron chi connectivity index (χ1n) is 6.77. The van der Waals surface area contributed by atoms with Crippen LogP contribution >= 0.6 is 23.2 Å². The minimum atomic E-state index is -0.416. The van der Waals surface area contributed by atoms with Crippen molar-refractivity contribution >= 4 is 23.2 Å². The predicted molar refractivity (Wildman–Crippen MR) is 82.8 cm³/mol. The highest BCUT2D eigenvalue weighted by molar-refractivity contribution is 6.42. The van der Waals surface area contributed by atoms with E-state index in [0.717, 1.165) is 5.56 Å². The molecule has 0 unspecified atom stereocenters. The van der Waals surface area contributed by atoms with Gasteiger partial charge in [0.25, 0.3) is 0 Å². The molecule has 1 aliphatic rings. The van der Waals surface area contributed by atoms with E-state index < -0.39 is 5.82 Å². The van der Waals surface area contributed by atoms with Gasteiger partial charge in [0.2, 0.25) is 0 Å². The van der Waals surface area contributed by atoms with Crippen LogP contribution in [0, 0.1) is 5.82 Å². The summed E-state index contributed by atoms with van der Waals surface area (Å²) in [6, 6.07) is 10.5. The van der Waals surface area contributed by atoms with Crippen LogP contribution in [0.5, 0.6) is 11.5 Å². The van der Waals surface area contributed by atoms with Gasteiger partial charge in [-0.2, -0.15) is 0 Å². The molecule has 0 aliphatic heterocycles. The van der Waals surface area contributed by atoms with Crippen LogP contribution in [0.4, 0.5) is 4.39 Å². The van der Waals surface area contributed by atoms with Gasteiger partial charge in [-0.3, -0.25) is 0 Å². The van der Waals surface area contributed by atoms with Crippen molar-refractivity contribution in [3.05, 3.63) is 57.8 Å². The first-order chi connectivity index (χ1) is 10.1. The average Bonchev–Trinajstić information content (AvgIpc) is 3.28. The van der Waals surface area contributed by atoms with Gasteiger partial charge in [0, 0.05) is 12.6 Å².